The van der Waals surface area contributed by atoms with Crippen LogP contribution in [-0.2, 0) is 0 Å². The second-order valence-electron chi connectivity index (χ2n) is 19.8. The Balaban J connectivity index is 1.10. The molecule has 0 bridgehead atoms. The van der Waals surface area contributed by atoms with Gasteiger partial charge < -0.3 is 0 Å². The van der Waals surface area contributed by atoms with Crippen LogP contribution in [0.25, 0.3) is 65.3 Å². The summed E-state index contributed by atoms with van der Waals surface area (Å²) >= 11 is -4.09. The van der Waals surface area contributed by atoms with Gasteiger partial charge >= 0.3 is 385 Å². The summed E-state index contributed by atoms with van der Waals surface area (Å²) in [5.41, 5.74) is 11.8. The molecular weight excluding hydrogens is 918 g/mol. The normalized spacial score (nSPS) is 12.1. The molecule has 0 unspecified atom stereocenters. The van der Waals surface area contributed by atoms with E-state index in [4.69, 9.17) is 0 Å². The Hall–Kier alpha value is -6.59. The third kappa shape index (κ3) is 7.56. The summed E-state index contributed by atoms with van der Waals surface area (Å²) < 4.78 is 3.01. The molecule has 320 valence electrons. The fraction of sp³-hybridized carbons (Fsp3) is 0.0968. The Bertz CT molecular complexity index is 3240. The molecule has 11 aromatic carbocycles. The van der Waals surface area contributed by atoms with Gasteiger partial charge in [-0.2, -0.15) is 0 Å². The van der Waals surface area contributed by atoms with E-state index in [-0.39, 0.29) is 0 Å². The van der Waals surface area contributed by atoms with Gasteiger partial charge in [0.1, 0.15) is 0 Å². The quantitative estimate of drug-likeness (QED) is 0.0765. The average molecular weight is 972 g/mol. The third-order valence-corrected chi connectivity index (χ3v) is 22.2. The first-order chi connectivity index (χ1) is 32.0. The van der Waals surface area contributed by atoms with Crippen LogP contribution in [-0.4, -0.2) is 26.5 Å². The van der Waals surface area contributed by atoms with Crippen molar-refractivity contribution in [3.05, 3.63) is 218 Å². The van der Waals surface area contributed by atoms with Crippen molar-refractivity contribution in [1.29, 1.82) is 0 Å². The van der Waals surface area contributed by atoms with Crippen molar-refractivity contribution in [2.75, 3.05) is 9.80 Å². The van der Waals surface area contributed by atoms with Crippen LogP contribution in [0.1, 0.15) is 0 Å². The summed E-state index contributed by atoms with van der Waals surface area (Å²) in [6.45, 7) is 0. The summed E-state index contributed by atoms with van der Waals surface area (Å²) in [5, 5.41) is 10.2. The second-order valence-corrected chi connectivity index (χ2v) is 41.1. The van der Waals surface area contributed by atoms with Crippen LogP contribution in [0.4, 0.5) is 34.1 Å². The van der Waals surface area contributed by atoms with Crippen LogP contribution in [0.2, 0.25) is 34.5 Å². The molecule has 0 fully saturated rings. The van der Waals surface area contributed by atoms with Gasteiger partial charge in [0.2, 0.25) is 0 Å². The third-order valence-electron chi connectivity index (χ3n) is 13.5. The van der Waals surface area contributed by atoms with Crippen molar-refractivity contribution in [2.45, 2.75) is 34.5 Å². The Kier molecular flexibility index (Phi) is 10.6. The number of fused-ring (bicyclic) bond motifs is 2. The second kappa shape index (κ2) is 16.7. The summed E-state index contributed by atoms with van der Waals surface area (Å²) in [7, 11) is 0. The van der Waals surface area contributed by atoms with Gasteiger partial charge in [-0.15, -0.1) is 0 Å². The van der Waals surface area contributed by atoms with E-state index in [1.165, 1.54) is 85.5 Å². The predicted octanol–water partition coefficient (Wildman–Crippen LogP) is 17.1. The monoisotopic (exact) mass is 974 g/mol. The number of benzene rings is 11. The van der Waals surface area contributed by atoms with Crippen LogP contribution >= 0.6 is 0 Å². The molecule has 0 aromatic heterocycles. The topological polar surface area (TPSA) is 6.48 Å². The molecule has 11 rings (SSSR count). The van der Waals surface area contributed by atoms with Crippen LogP contribution in [0.15, 0.2) is 218 Å². The molecule has 0 aliphatic carbocycles. The predicted molar refractivity (Wildman–Crippen MR) is 294 cm³/mol. The SMILES string of the molecule is [CH3][Ge]([CH3])([CH3])[c]1ccc(N(c2ccc(-c3ccccc3)cc2)c2ccc3c4cccc5c(N(c6ccc(-c7ccccc7)cc6)c6cc[c]([Ge]([CH3])([CH3])[CH3])cc6)ccc(c6cccc2c63)c54)cc1. The molecule has 0 N–H and O–H groups in total. The number of hydrogen-bond acceptors (Lipinski definition) is 2. The van der Waals surface area contributed by atoms with Crippen molar-refractivity contribution < 1.29 is 0 Å². The van der Waals surface area contributed by atoms with Crippen molar-refractivity contribution in [1.82, 2.24) is 0 Å². The number of anilines is 6. The molecule has 0 radical (unpaired) electrons. The summed E-state index contributed by atoms with van der Waals surface area (Å²) in [6.07, 6.45) is 0. The first-order valence-electron chi connectivity index (χ1n) is 23.3. The molecule has 2 nitrogen and oxygen atoms in total. The van der Waals surface area contributed by atoms with Crippen molar-refractivity contribution in [3.8, 4) is 22.3 Å². The van der Waals surface area contributed by atoms with Crippen LogP contribution in [0.5, 0.6) is 0 Å². The van der Waals surface area contributed by atoms with Gasteiger partial charge in [-0.3, -0.25) is 0 Å². The Morgan fingerprint density at radius 2 is 0.530 bits per heavy atom. The number of rotatable bonds is 10. The summed E-state index contributed by atoms with van der Waals surface area (Å²) in [5.74, 6) is 14.8. The van der Waals surface area contributed by atoms with Gasteiger partial charge in [-0.25, -0.2) is 0 Å². The molecule has 0 spiro atoms. The molecule has 11 aromatic rings. The Labute approximate surface area is 394 Å². The number of nitrogens with zero attached hydrogens (tertiary/aromatic N) is 2. The first kappa shape index (κ1) is 42.1. The zero-order chi connectivity index (χ0) is 45.2. The van der Waals surface area contributed by atoms with E-state index in [2.05, 4.69) is 263 Å². The van der Waals surface area contributed by atoms with E-state index >= 15 is 0 Å². The summed E-state index contributed by atoms with van der Waals surface area (Å²) in [4.78, 5) is 4.93. The maximum absolute atomic E-state index is 2.47. The van der Waals surface area contributed by atoms with Crippen molar-refractivity contribution >= 4 is 113 Å². The fourth-order valence-electron chi connectivity index (χ4n) is 10.0. The van der Waals surface area contributed by atoms with Gasteiger partial charge in [-0.1, -0.05) is 12.1 Å². The summed E-state index contributed by atoms with van der Waals surface area (Å²) in [6, 6.07) is 81.7. The van der Waals surface area contributed by atoms with Crippen molar-refractivity contribution in [2.24, 2.45) is 0 Å². The number of hydrogen-bond donors (Lipinski definition) is 0. The molecule has 0 amide bonds. The molecule has 0 saturated heterocycles. The van der Waals surface area contributed by atoms with E-state index < -0.39 is 26.5 Å². The van der Waals surface area contributed by atoms with E-state index in [0.29, 0.717) is 0 Å². The first-order valence-corrected chi connectivity index (χ1v) is 37.9. The molecule has 4 heteroatoms. The molecule has 0 aliphatic rings. The van der Waals surface area contributed by atoms with E-state index in [9.17, 15) is 0 Å². The molecule has 66 heavy (non-hydrogen) atoms. The standard InChI is InChI=1S/C62H54Ge2N2/c1-63(2,3)47-27-35-51(36-28-47)65(49-31-23-45(24-32-49)43-15-9-7-10-16-43)59-41-39-55-54-20-14-22-58-60(42-40-56(62(54)58)53-19-13-21-57(59)61(53)55)66(52-37-29-48(30-38-52)64(4,5)6)50-33-25-46(26-34-50)44-17-11-8-12-18-44/h7-42H,1-6H3. The van der Waals surface area contributed by atoms with Gasteiger partial charge in [0, 0.05) is 0 Å². The van der Waals surface area contributed by atoms with E-state index in [1.54, 1.807) is 0 Å². The van der Waals surface area contributed by atoms with E-state index in [0.717, 1.165) is 22.7 Å². The maximum atomic E-state index is 2.47. The molecular formula is C62H54Ge2N2. The molecule has 0 saturated carbocycles. The minimum atomic E-state index is -2.05. The van der Waals surface area contributed by atoms with Crippen molar-refractivity contribution in [3.63, 3.8) is 0 Å². The van der Waals surface area contributed by atoms with Crippen LogP contribution < -0.4 is 18.6 Å². The Morgan fingerprint density at radius 1 is 0.242 bits per heavy atom. The molecule has 0 aliphatic heterocycles. The van der Waals surface area contributed by atoms with Crippen LogP contribution in [0, 0.1) is 0 Å². The van der Waals surface area contributed by atoms with Gasteiger partial charge in [0.05, 0.1) is 0 Å². The average Bonchev–Trinajstić information content (AvgIpc) is 3.34. The molecule has 0 heterocycles. The fourth-order valence-corrected chi connectivity index (χ4v) is 14.9. The van der Waals surface area contributed by atoms with Crippen LogP contribution in [0.3, 0.4) is 0 Å². The zero-order valence-corrected chi connectivity index (χ0v) is 42.9. The van der Waals surface area contributed by atoms with E-state index in [1.807, 2.05) is 0 Å². The zero-order valence-electron chi connectivity index (χ0n) is 38.7. The van der Waals surface area contributed by atoms with Gasteiger partial charge in [0.25, 0.3) is 0 Å². The Morgan fingerprint density at radius 3 is 0.864 bits per heavy atom. The molecule has 0 atom stereocenters. The minimum absolute atomic E-state index is 1.14. The van der Waals surface area contributed by atoms with Gasteiger partial charge in [-0.05, 0) is 0 Å². The van der Waals surface area contributed by atoms with Gasteiger partial charge in [0.15, 0.2) is 0 Å².